The fourth-order valence-corrected chi connectivity index (χ4v) is 1.99. The maximum Gasteiger partial charge on any atom is 0.128 e. The van der Waals surface area contributed by atoms with Gasteiger partial charge in [0.25, 0.3) is 0 Å². The zero-order valence-electron chi connectivity index (χ0n) is 9.13. The van der Waals surface area contributed by atoms with E-state index < -0.39 is 0 Å². The van der Waals surface area contributed by atoms with E-state index in [4.69, 9.17) is 17.3 Å². The summed E-state index contributed by atoms with van der Waals surface area (Å²) in [5, 5.41) is 0.507. The van der Waals surface area contributed by atoms with Gasteiger partial charge in [-0.25, -0.2) is 4.39 Å². The minimum atomic E-state index is -0.223. The van der Waals surface area contributed by atoms with E-state index in [2.05, 4.69) is 0 Å². The Kier molecular flexibility index (Phi) is 4.55. The largest absolute Gasteiger partial charge is 0.328 e. The summed E-state index contributed by atoms with van der Waals surface area (Å²) in [6, 6.07) is 4.95. The van der Waals surface area contributed by atoms with E-state index in [0.29, 0.717) is 10.6 Å². The highest BCUT2D eigenvalue weighted by Crippen LogP contribution is 2.30. The molecule has 3 heteroatoms. The van der Waals surface area contributed by atoms with Gasteiger partial charge in [0.05, 0.1) is 0 Å². The van der Waals surface area contributed by atoms with Crippen molar-refractivity contribution >= 4 is 11.6 Å². The molecule has 0 fully saturated rings. The summed E-state index contributed by atoms with van der Waals surface area (Å²) in [4.78, 5) is 0. The summed E-state index contributed by atoms with van der Waals surface area (Å²) in [5.41, 5.74) is 6.28. The zero-order valence-corrected chi connectivity index (χ0v) is 9.89. The second-order valence-corrected chi connectivity index (χ2v) is 4.50. The van der Waals surface area contributed by atoms with Crippen LogP contribution >= 0.6 is 11.6 Å². The topological polar surface area (TPSA) is 26.0 Å². The Morgan fingerprint density at radius 2 is 2.00 bits per heavy atom. The van der Waals surface area contributed by atoms with Gasteiger partial charge in [0.2, 0.25) is 0 Å². The molecular weight excluding hydrogens is 213 g/mol. The number of hydrogen-bond acceptors (Lipinski definition) is 1. The molecule has 0 aromatic heterocycles. The number of halogens is 2. The van der Waals surface area contributed by atoms with Crippen LogP contribution in [0.1, 0.15) is 38.2 Å². The Bertz CT molecular complexity index is 305. The molecule has 0 bridgehead atoms. The third kappa shape index (κ3) is 3.47. The highest BCUT2D eigenvalue weighted by molar-refractivity contribution is 6.31. The number of nitrogens with two attached hydrogens (primary N) is 1. The van der Waals surface area contributed by atoms with E-state index in [9.17, 15) is 4.39 Å². The molecule has 2 atom stereocenters. The first kappa shape index (κ1) is 12.5. The van der Waals surface area contributed by atoms with Gasteiger partial charge in [0, 0.05) is 16.6 Å². The van der Waals surface area contributed by atoms with Gasteiger partial charge in [0.1, 0.15) is 5.82 Å². The average Bonchev–Trinajstić information content (AvgIpc) is 2.14. The molecule has 84 valence electrons. The van der Waals surface area contributed by atoms with Crippen LogP contribution in [0, 0.1) is 5.82 Å². The van der Waals surface area contributed by atoms with E-state index in [1.54, 1.807) is 12.1 Å². The molecule has 1 aromatic carbocycles. The van der Waals surface area contributed by atoms with Gasteiger partial charge in [-0.3, -0.25) is 0 Å². The van der Waals surface area contributed by atoms with Crippen LogP contribution in [-0.4, -0.2) is 6.04 Å². The Balaban J connectivity index is 2.77. The summed E-state index contributed by atoms with van der Waals surface area (Å²) in [7, 11) is 0. The number of hydrogen-bond donors (Lipinski definition) is 1. The van der Waals surface area contributed by atoms with Gasteiger partial charge in [-0.15, -0.1) is 0 Å². The van der Waals surface area contributed by atoms with Gasteiger partial charge < -0.3 is 5.73 Å². The molecule has 1 nitrogen and oxygen atoms in total. The Labute approximate surface area is 95.4 Å². The summed E-state index contributed by atoms with van der Waals surface area (Å²) >= 11 is 5.97. The van der Waals surface area contributed by atoms with E-state index in [0.717, 1.165) is 12.8 Å². The predicted octanol–water partition coefficient (Wildman–Crippen LogP) is 3.71. The van der Waals surface area contributed by atoms with Gasteiger partial charge in [-0.1, -0.05) is 24.6 Å². The minimum absolute atomic E-state index is 0.115. The van der Waals surface area contributed by atoms with Crippen LogP contribution in [0.3, 0.4) is 0 Å². The maximum atomic E-state index is 13.5. The van der Waals surface area contributed by atoms with Crippen molar-refractivity contribution in [2.24, 2.45) is 5.73 Å². The Hall–Kier alpha value is -0.600. The highest BCUT2D eigenvalue weighted by Gasteiger charge is 2.14. The van der Waals surface area contributed by atoms with E-state index in [1.807, 2.05) is 13.8 Å². The molecule has 0 aliphatic heterocycles. The van der Waals surface area contributed by atoms with Crippen LogP contribution in [-0.2, 0) is 0 Å². The van der Waals surface area contributed by atoms with Crippen molar-refractivity contribution in [1.29, 1.82) is 0 Å². The first-order valence-electron chi connectivity index (χ1n) is 5.22. The van der Waals surface area contributed by atoms with Crippen LogP contribution < -0.4 is 5.73 Å². The molecular formula is C12H17ClFN. The summed E-state index contributed by atoms with van der Waals surface area (Å²) in [5.74, 6) is -0.107. The fraction of sp³-hybridized carbons (Fsp3) is 0.500. The van der Waals surface area contributed by atoms with Crippen molar-refractivity contribution in [3.63, 3.8) is 0 Å². The summed E-state index contributed by atoms with van der Waals surface area (Å²) in [6.07, 6.45) is 1.74. The lowest BCUT2D eigenvalue weighted by Crippen LogP contribution is -2.15. The molecule has 1 aromatic rings. The van der Waals surface area contributed by atoms with Gasteiger partial charge in [0.15, 0.2) is 0 Å². The fourth-order valence-electron chi connectivity index (χ4n) is 1.64. The quantitative estimate of drug-likeness (QED) is 0.837. The lowest BCUT2D eigenvalue weighted by atomic mass is 9.94. The van der Waals surface area contributed by atoms with Crippen LogP contribution in [0.5, 0.6) is 0 Å². The molecule has 0 spiro atoms. The maximum absolute atomic E-state index is 13.5. The Morgan fingerprint density at radius 3 is 2.53 bits per heavy atom. The van der Waals surface area contributed by atoms with Crippen molar-refractivity contribution in [1.82, 2.24) is 0 Å². The van der Waals surface area contributed by atoms with Crippen molar-refractivity contribution in [3.05, 3.63) is 34.6 Å². The first-order valence-corrected chi connectivity index (χ1v) is 5.59. The van der Waals surface area contributed by atoms with Gasteiger partial charge in [-0.05, 0) is 37.8 Å². The number of benzene rings is 1. The second kappa shape index (κ2) is 5.47. The smallest absolute Gasteiger partial charge is 0.128 e. The van der Waals surface area contributed by atoms with Crippen molar-refractivity contribution in [2.45, 2.75) is 38.6 Å². The molecule has 0 amide bonds. The molecule has 0 heterocycles. The van der Waals surface area contributed by atoms with E-state index in [1.165, 1.54) is 6.07 Å². The monoisotopic (exact) mass is 229 g/mol. The van der Waals surface area contributed by atoms with Crippen molar-refractivity contribution < 1.29 is 4.39 Å². The molecule has 1 rings (SSSR count). The molecule has 0 aliphatic carbocycles. The lowest BCUT2D eigenvalue weighted by molar-refractivity contribution is 0.536. The van der Waals surface area contributed by atoms with E-state index in [-0.39, 0.29) is 17.8 Å². The molecule has 2 unspecified atom stereocenters. The van der Waals surface area contributed by atoms with Crippen LogP contribution in [0.2, 0.25) is 5.02 Å². The predicted molar refractivity (Wildman–Crippen MR) is 62.7 cm³/mol. The van der Waals surface area contributed by atoms with E-state index >= 15 is 0 Å². The standard InChI is InChI=1S/C12H17ClFN/c1-8(6-7-9(2)15)12-10(13)4-3-5-11(12)14/h3-5,8-9H,6-7,15H2,1-2H3. The second-order valence-electron chi connectivity index (χ2n) is 4.09. The lowest BCUT2D eigenvalue weighted by Gasteiger charge is -2.15. The molecule has 0 saturated carbocycles. The van der Waals surface area contributed by atoms with Gasteiger partial charge >= 0.3 is 0 Å². The van der Waals surface area contributed by atoms with Crippen molar-refractivity contribution in [3.8, 4) is 0 Å². The Morgan fingerprint density at radius 1 is 1.33 bits per heavy atom. The van der Waals surface area contributed by atoms with Crippen molar-refractivity contribution in [2.75, 3.05) is 0 Å². The molecule has 0 saturated heterocycles. The minimum Gasteiger partial charge on any atom is -0.328 e. The number of rotatable bonds is 4. The molecule has 15 heavy (non-hydrogen) atoms. The normalized spacial score (nSPS) is 15.0. The third-order valence-corrected chi connectivity index (χ3v) is 2.88. The molecule has 0 radical (unpaired) electrons. The molecule has 2 N–H and O–H groups in total. The summed E-state index contributed by atoms with van der Waals surface area (Å²) in [6.45, 7) is 3.93. The summed E-state index contributed by atoms with van der Waals surface area (Å²) < 4.78 is 13.5. The highest BCUT2D eigenvalue weighted by atomic mass is 35.5. The SMILES string of the molecule is CC(N)CCC(C)c1c(F)cccc1Cl. The van der Waals surface area contributed by atoms with Crippen LogP contribution in [0.25, 0.3) is 0 Å². The first-order chi connectivity index (χ1) is 7.02. The van der Waals surface area contributed by atoms with Gasteiger partial charge in [-0.2, -0.15) is 0 Å². The molecule has 0 aliphatic rings. The van der Waals surface area contributed by atoms with Crippen LogP contribution in [0.15, 0.2) is 18.2 Å². The average molecular weight is 230 g/mol. The third-order valence-electron chi connectivity index (χ3n) is 2.55. The van der Waals surface area contributed by atoms with Crippen LogP contribution in [0.4, 0.5) is 4.39 Å². The zero-order chi connectivity index (χ0) is 11.4.